The number of rotatable bonds is 4. The molecular weight excluding hydrogens is 403 g/mol. The number of aryl methyl sites for hydroxylation is 1. The number of halogens is 1. The van der Waals surface area contributed by atoms with Crippen LogP contribution in [0, 0.1) is 5.82 Å². The Hall–Kier alpha value is -3.58. The lowest BCUT2D eigenvalue weighted by Crippen LogP contribution is -2.54. The number of carbonyl (C=O) groups is 2. The van der Waals surface area contributed by atoms with Gasteiger partial charge in [-0.05, 0) is 78.8 Å². The molecule has 1 aliphatic rings. The van der Waals surface area contributed by atoms with Gasteiger partial charge in [0, 0.05) is 5.56 Å². The molecule has 2 amide bonds. The summed E-state index contributed by atoms with van der Waals surface area (Å²) in [6.07, 6.45) is 2.25. The zero-order valence-electron chi connectivity index (χ0n) is 16.0. The number of carbonyl (C=O) groups excluding carboxylic acids is 2. The van der Waals surface area contributed by atoms with Crippen molar-refractivity contribution < 1.29 is 18.4 Å². The summed E-state index contributed by atoms with van der Waals surface area (Å²) < 4.78 is 18.8. The van der Waals surface area contributed by atoms with Crippen molar-refractivity contribution in [2.24, 2.45) is 0 Å². The Labute approximate surface area is 177 Å². The van der Waals surface area contributed by atoms with E-state index in [2.05, 4.69) is 5.32 Å². The molecule has 3 aromatic rings. The van der Waals surface area contributed by atoms with E-state index < -0.39 is 11.8 Å². The highest BCUT2D eigenvalue weighted by Crippen LogP contribution is 2.26. The molecule has 30 heavy (non-hydrogen) atoms. The van der Waals surface area contributed by atoms with Crippen molar-refractivity contribution in [1.29, 1.82) is 0 Å². The quantitative estimate of drug-likeness (QED) is 0.384. The van der Waals surface area contributed by atoms with Gasteiger partial charge in [0.1, 0.15) is 22.9 Å². The maximum atomic E-state index is 13.1. The van der Waals surface area contributed by atoms with Gasteiger partial charge in [0.05, 0.1) is 5.69 Å². The number of anilines is 1. The molecule has 0 radical (unpaired) electrons. The Kier molecular flexibility index (Phi) is 5.29. The summed E-state index contributed by atoms with van der Waals surface area (Å²) in [5, 5.41) is 2.57. The molecule has 2 heterocycles. The maximum absolute atomic E-state index is 13.1. The van der Waals surface area contributed by atoms with Gasteiger partial charge in [-0.2, -0.15) is 0 Å². The van der Waals surface area contributed by atoms with Crippen LogP contribution in [0.1, 0.15) is 18.2 Å². The molecule has 0 aliphatic carbocycles. The summed E-state index contributed by atoms with van der Waals surface area (Å²) in [6, 6.07) is 16.6. The van der Waals surface area contributed by atoms with Crippen LogP contribution in [0.4, 0.5) is 10.1 Å². The lowest BCUT2D eigenvalue weighted by Gasteiger charge is -2.28. The zero-order valence-corrected chi connectivity index (χ0v) is 16.8. The molecule has 150 valence electrons. The van der Waals surface area contributed by atoms with E-state index in [0.29, 0.717) is 22.8 Å². The van der Waals surface area contributed by atoms with Crippen molar-refractivity contribution in [2.75, 3.05) is 4.90 Å². The van der Waals surface area contributed by atoms with Crippen LogP contribution < -0.4 is 10.2 Å². The van der Waals surface area contributed by atoms with Gasteiger partial charge in [0.25, 0.3) is 11.8 Å². The number of amides is 2. The summed E-state index contributed by atoms with van der Waals surface area (Å²) in [5.74, 6) is -0.658. The number of thiocarbonyl (C=S) groups is 1. The van der Waals surface area contributed by atoms with E-state index >= 15 is 0 Å². The lowest BCUT2D eigenvalue weighted by atomic mass is 10.1. The van der Waals surface area contributed by atoms with Gasteiger partial charge in [-0.15, -0.1) is 0 Å². The Bertz CT molecular complexity index is 1160. The van der Waals surface area contributed by atoms with Crippen LogP contribution in [0.25, 0.3) is 17.4 Å². The Morgan fingerprint density at radius 1 is 1.03 bits per heavy atom. The fourth-order valence-corrected chi connectivity index (χ4v) is 3.40. The third-order valence-electron chi connectivity index (χ3n) is 4.75. The van der Waals surface area contributed by atoms with E-state index in [9.17, 15) is 14.0 Å². The maximum Gasteiger partial charge on any atom is 0.270 e. The van der Waals surface area contributed by atoms with E-state index in [1.165, 1.54) is 23.1 Å². The number of furan rings is 1. The lowest BCUT2D eigenvalue weighted by molar-refractivity contribution is -0.122. The van der Waals surface area contributed by atoms with E-state index in [1.807, 2.05) is 19.1 Å². The van der Waals surface area contributed by atoms with Crippen molar-refractivity contribution in [3.8, 4) is 11.3 Å². The van der Waals surface area contributed by atoms with Crippen molar-refractivity contribution in [3.63, 3.8) is 0 Å². The predicted molar refractivity (Wildman–Crippen MR) is 116 cm³/mol. The van der Waals surface area contributed by atoms with Gasteiger partial charge in [0.2, 0.25) is 0 Å². The molecule has 0 bridgehead atoms. The Balaban J connectivity index is 1.65. The van der Waals surface area contributed by atoms with Gasteiger partial charge < -0.3 is 4.42 Å². The van der Waals surface area contributed by atoms with E-state index in [1.54, 1.807) is 36.4 Å². The van der Waals surface area contributed by atoms with Crippen molar-refractivity contribution >= 4 is 40.9 Å². The average molecular weight is 420 g/mol. The van der Waals surface area contributed by atoms with Crippen molar-refractivity contribution in [3.05, 3.63) is 83.4 Å². The Morgan fingerprint density at radius 2 is 1.73 bits per heavy atom. The molecule has 1 saturated heterocycles. The average Bonchev–Trinajstić information content (AvgIpc) is 3.21. The fraction of sp³-hybridized carbons (Fsp3) is 0.0870. The van der Waals surface area contributed by atoms with Crippen LogP contribution in [-0.4, -0.2) is 16.9 Å². The topological polar surface area (TPSA) is 62.6 Å². The highest BCUT2D eigenvalue weighted by atomic mass is 32.1. The molecule has 1 fully saturated rings. The van der Waals surface area contributed by atoms with Crippen LogP contribution in [0.5, 0.6) is 0 Å². The van der Waals surface area contributed by atoms with E-state index in [-0.39, 0.29) is 16.5 Å². The minimum Gasteiger partial charge on any atom is -0.457 e. The molecule has 4 rings (SSSR count). The molecule has 1 aromatic heterocycles. The third-order valence-corrected chi connectivity index (χ3v) is 5.03. The standard InChI is InChI=1S/C23H17FN2O3S/c1-2-14-3-9-17(10-4-14)26-22(28)19(21(27)25-23(26)30)13-18-11-12-20(29-18)15-5-7-16(24)8-6-15/h3-13H,2H2,1H3,(H,25,27,30)/b19-13-. The zero-order chi connectivity index (χ0) is 21.3. The van der Waals surface area contributed by atoms with Crippen LogP contribution in [0.3, 0.4) is 0 Å². The monoisotopic (exact) mass is 420 g/mol. The molecule has 7 heteroatoms. The van der Waals surface area contributed by atoms with Gasteiger partial charge in [-0.1, -0.05) is 19.1 Å². The second-order valence-corrected chi connectivity index (χ2v) is 7.07. The van der Waals surface area contributed by atoms with Crippen molar-refractivity contribution in [1.82, 2.24) is 5.32 Å². The minimum atomic E-state index is -0.592. The van der Waals surface area contributed by atoms with Gasteiger partial charge in [-0.3, -0.25) is 19.8 Å². The molecular formula is C23H17FN2O3S. The van der Waals surface area contributed by atoms with Crippen LogP contribution in [0.2, 0.25) is 0 Å². The van der Waals surface area contributed by atoms with Crippen LogP contribution in [0.15, 0.2) is 70.7 Å². The fourth-order valence-electron chi connectivity index (χ4n) is 3.11. The number of nitrogens with one attached hydrogen (secondary N) is 1. The van der Waals surface area contributed by atoms with Gasteiger partial charge in [0.15, 0.2) is 5.11 Å². The second-order valence-electron chi connectivity index (χ2n) is 6.69. The first kappa shape index (κ1) is 19.7. The number of nitrogens with zero attached hydrogens (tertiary/aromatic N) is 1. The minimum absolute atomic E-state index is 0.0258. The number of hydrogen-bond acceptors (Lipinski definition) is 4. The molecule has 0 spiro atoms. The smallest absolute Gasteiger partial charge is 0.270 e. The second kappa shape index (κ2) is 8.04. The summed E-state index contributed by atoms with van der Waals surface area (Å²) in [4.78, 5) is 26.7. The first-order valence-electron chi connectivity index (χ1n) is 9.32. The summed E-state index contributed by atoms with van der Waals surface area (Å²) in [5.41, 5.74) is 2.28. The summed E-state index contributed by atoms with van der Waals surface area (Å²) in [7, 11) is 0. The van der Waals surface area contributed by atoms with Crippen LogP contribution in [-0.2, 0) is 16.0 Å². The molecule has 1 N–H and O–H groups in total. The normalized spacial score (nSPS) is 15.6. The van der Waals surface area contributed by atoms with E-state index in [4.69, 9.17) is 16.6 Å². The third kappa shape index (κ3) is 3.79. The predicted octanol–water partition coefficient (Wildman–Crippen LogP) is 4.48. The largest absolute Gasteiger partial charge is 0.457 e. The first-order chi connectivity index (χ1) is 14.5. The van der Waals surface area contributed by atoms with Gasteiger partial charge in [-0.25, -0.2) is 4.39 Å². The highest BCUT2D eigenvalue weighted by Gasteiger charge is 2.34. The highest BCUT2D eigenvalue weighted by molar-refractivity contribution is 7.80. The molecule has 2 aromatic carbocycles. The molecule has 1 aliphatic heterocycles. The van der Waals surface area contributed by atoms with Gasteiger partial charge >= 0.3 is 0 Å². The number of hydrogen-bond donors (Lipinski definition) is 1. The molecule has 0 saturated carbocycles. The molecule has 0 unspecified atom stereocenters. The summed E-state index contributed by atoms with van der Waals surface area (Å²) >= 11 is 5.21. The van der Waals surface area contributed by atoms with Crippen molar-refractivity contribution in [2.45, 2.75) is 13.3 Å². The SMILES string of the molecule is CCc1ccc(N2C(=O)/C(=C\c3ccc(-c4ccc(F)cc4)o3)C(=O)NC2=S)cc1. The Morgan fingerprint density at radius 3 is 2.40 bits per heavy atom. The summed E-state index contributed by atoms with van der Waals surface area (Å²) in [6.45, 7) is 2.04. The number of benzene rings is 2. The first-order valence-corrected chi connectivity index (χ1v) is 9.73. The van der Waals surface area contributed by atoms with Crippen LogP contribution >= 0.6 is 12.2 Å². The van der Waals surface area contributed by atoms with E-state index in [0.717, 1.165) is 12.0 Å². The molecule has 0 atom stereocenters. The molecule has 5 nitrogen and oxygen atoms in total.